The first-order chi connectivity index (χ1) is 9.58. The highest BCUT2D eigenvalue weighted by molar-refractivity contribution is 5.26. The SMILES string of the molecule is CCC1(CC)CN(Cc2cc(F)ccc2C)CCCN1. The van der Waals surface area contributed by atoms with Crippen LogP contribution < -0.4 is 5.32 Å². The van der Waals surface area contributed by atoms with E-state index < -0.39 is 0 Å². The van der Waals surface area contributed by atoms with E-state index in [0.29, 0.717) is 0 Å². The molecule has 1 aliphatic rings. The maximum Gasteiger partial charge on any atom is 0.123 e. The quantitative estimate of drug-likeness (QED) is 0.907. The van der Waals surface area contributed by atoms with Crippen molar-refractivity contribution in [3.63, 3.8) is 0 Å². The molecule has 0 unspecified atom stereocenters. The molecule has 1 saturated heterocycles. The van der Waals surface area contributed by atoms with Crippen molar-refractivity contribution in [3.05, 3.63) is 35.1 Å². The van der Waals surface area contributed by atoms with Crippen molar-refractivity contribution in [3.8, 4) is 0 Å². The molecule has 0 aromatic heterocycles. The fourth-order valence-corrected chi connectivity index (χ4v) is 3.13. The first kappa shape index (κ1) is 15.5. The van der Waals surface area contributed by atoms with Gasteiger partial charge in [-0.15, -0.1) is 0 Å². The molecule has 1 aromatic rings. The van der Waals surface area contributed by atoms with Crippen LogP contribution in [0.2, 0.25) is 0 Å². The van der Waals surface area contributed by atoms with Gasteiger partial charge in [0.05, 0.1) is 0 Å². The minimum atomic E-state index is -0.129. The number of hydrogen-bond donors (Lipinski definition) is 1. The smallest absolute Gasteiger partial charge is 0.123 e. The molecular formula is C17H27FN2. The van der Waals surface area contributed by atoms with Gasteiger partial charge in [-0.2, -0.15) is 0 Å². The number of hydrogen-bond acceptors (Lipinski definition) is 2. The summed E-state index contributed by atoms with van der Waals surface area (Å²) in [6, 6.07) is 5.12. The van der Waals surface area contributed by atoms with Crippen LogP contribution in [-0.4, -0.2) is 30.1 Å². The number of benzene rings is 1. The van der Waals surface area contributed by atoms with Crippen molar-refractivity contribution in [1.29, 1.82) is 0 Å². The summed E-state index contributed by atoms with van der Waals surface area (Å²) < 4.78 is 13.4. The minimum Gasteiger partial charge on any atom is -0.310 e. The molecule has 0 bridgehead atoms. The summed E-state index contributed by atoms with van der Waals surface area (Å²) in [4.78, 5) is 2.48. The highest BCUT2D eigenvalue weighted by atomic mass is 19.1. The lowest BCUT2D eigenvalue weighted by molar-refractivity contribution is 0.190. The number of aryl methyl sites for hydroxylation is 1. The lowest BCUT2D eigenvalue weighted by atomic mass is 9.92. The summed E-state index contributed by atoms with van der Waals surface area (Å²) in [6.45, 7) is 10.7. The van der Waals surface area contributed by atoms with Crippen molar-refractivity contribution in [2.75, 3.05) is 19.6 Å². The fraction of sp³-hybridized carbons (Fsp3) is 0.647. The number of rotatable bonds is 4. The monoisotopic (exact) mass is 278 g/mol. The lowest BCUT2D eigenvalue weighted by Gasteiger charge is -2.35. The predicted octanol–water partition coefficient (Wildman–Crippen LogP) is 3.49. The van der Waals surface area contributed by atoms with Crippen LogP contribution in [0.3, 0.4) is 0 Å². The van der Waals surface area contributed by atoms with E-state index in [-0.39, 0.29) is 11.4 Å². The molecular weight excluding hydrogens is 251 g/mol. The summed E-state index contributed by atoms with van der Waals surface area (Å²) in [5.74, 6) is -0.129. The topological polar surface area (TPSA) is 15.3 Å². The molecule has 2 nitrogen and oxygen atoms in total. The van der Waals surface area contributed by atoms with Crippen LogP contribution in [-0.2, 0) is 6.54 Å². The Labute approximate surface area is 122 Å². The molecule has 20 heavy (non-hydrogen) atoms. The van der Waals surface area contributed by atoms with E-state index in [9.17, 15) is 4.39 Å². The Hall–Kier alpha value is -0.930. The third kappa shape index (κ3) is 3.58. The van der Waals surface area contributed by atoms with E-state index in [4.69, 9.17) is 0 Å². The van der Waals surface area contributed by atoms with Gasteiger partial charge < -0.3 is 5.32 Å². The number of nitrogens with one attached hydrogen (secondary N) is 1. The molecule has 0 amide bonds. The molecule has 0 aliphatic carbocycles. The van der Waals surface area contributed by atoms with Crippen molar-refractivity contribution in [2.45, 2.75) is 52.1 Å². The average molecular weight is 278 g/mol. The summed E-state index contributed by atoms with van der Waals surface area (Å²) in [5.41, 5.74) is 2.52. The summed E-state index contributed by atoms with van der Waals surface area (Å²) in [7, 11) is 0. The van der Waals surface area contributed by atoms with Gasteiger partial charge in [0.15, 0.2) is 0 Å². The molecule has 112 valence electrons. The Balaban J connectivity index is 2.13. The molecule has 1 heterocycles. The first-order valence-electron chi connectivity index (χ1n) is 7.81. The molecule has 0 atom stereocenters. The van der Waals surface area contributed by atoms with Crippen molar-refractivity contribution >= 4 is 0 Å². The normalized spacial score (nSPS) is 19.8. The molecule has 1 fully saturated rings. The Bertz CT molecular complexity index is 441. The van der Waals surface area contributed by atoms with Gasteiger partial charge >= 0.3 is 0 Å². The third-order valence-corrected chi connectivity index (χ3v) is 4.74. The highest BCUT2D eigenvalue weighted by Crippen LogP contribution is 2.22. The van der Waals surface area contributed by atoms with Gasteiger partial charge in [-0.1, -0.05) is 19.9 Å². The lowest BCUT2D eigenvalue weighted by Crippen LogP contribution is -2.50. The maximum atomic E-state index is 13.4. The molecule has 1 N–H and O–H groups in total. The van der Waals surface area contributed by atoms with Crippen LogP contribution in [0.4, 0.5) is 4.39 Å². The van der Waals surface area contributed by atoms with E-state index in [1.807, 2.05) is 6.07 Å². The molecule has 0 radical (unpaired) electrons. The molecule has 0 spiro atoms. The fourth-order valence-electron chi connectivity index (χ4n) is 3.13. The van der Waals surface area contributed by atoms with Gasteiger partial charge in [0.25, 0.3) is 0 Å². The van der Waals surface area contributed by atoms with Gasteiger partial charge in [-0.05, 0) is 62.5 Å². The minimum absolute atomic E-state index is 0.129. The van der Waals surface area contributed by atoms with Gasteiger partial charge in [-0.3, -0.25) is 4.90 Å². The summed E-state index contributed by atoms with van der Waals surface area (Å²) in [6.07, 6.45) is 3.44. The highest BCUT2D eigenvalue weighted by Gasteiger charge is 2.30. The Morgan fingerprint density at radius 3 is 2.75 bits per heavy atom. The van der Waals surface area contributed by atoms with E-state index >= 15 is 0 Å². The zero-order valence-electron chi connectivity index (χ0n) is 13.0. The van der Waals surface area contributed by atoms with E-state index in [0.717, 1.165) is 51.0 Å². The van der Waals surface area contributed by atoms with Crippen LogP contribution in [0.1, 0.15) is 44.2 Å². The van der Waals surface area contributed by atoms with E-state index in [1.54, 1.807) is 12.1 Å². The zero-order chi connectivity index (χ0) is 14.6. The third-order valence-electron chi connectivity index (χ3n) is 4.74. The average Bonchev–Trinajstić information content (AvgIpc) is 2.66. The maximum absolute atomic E-state index is 13.4. The second kappa shape index (κ2) is 6.68. The number of halogens is 1. The van der Waals surface area contributed by atoms with Crippen LogP contribution in [0.5, 0.6) is 0 Å². The second-order valence-electron chi connectivity index (χ2n) is 6.05. The van der Waals surface area contributed by atoms with Crippen LogP contribution in [0, 0.1) is 12.7 Å². The second-order valence-corrected chi connectivity index (χ2v) is 6.05. The van der Waals surface area contributed by atoms with Crippen LogP contribution >= 0.6 is 0 Å². The van der Waals surface area contributed by atoms with Crippen molar-refractivity contribution in [1.82, 2.24) is 10.2 Å². The largest absolute Gasteiger partial charge is 0.310 e. The van der Waals surface area contributed by atoms with Gasteiger partial charge in [0, 0.05) is 18.6 Å². The van der Waals surface area contributed by atoms with Gasteiger partial charge in [-0.25, -0.2) is 4.39 Å². The summed E-state index contributed by atoms with van der Waals surface area (Å²) in [5, 5.41) is 3.72. The van der Waals surface area contributed by atoms with Gasteiger partial charge in [0.2, 0.25) is 0 Å². The predicted molar refractivity (Wildman–Crippen MR) is 82.3 cm³/mol. The van der Waals surface area contributed by atoms with Crippen LogP contribution in [0.15, 0.2) is 18.2 Å². The Kier molecular flexibility index (Phi) is 5.17. The van der Waals surface area contributed by atoms with Crippen LogP contribution in [0.25, 0.3) is 0 Å². The van der Waals surface area contributed by atoms with E-state index in [2.05, 4.69) is 31.0 Å². The van der Waals surface area contributed by atoms with Gasteiger partial charge in [0.1, 0.15) is 5.82 Å². The molecule has 1 aliphatic heterocycles. The molecule has 2 rings (SSSR count). The first-order valence-corrected chi connectivity index (χ1v) is 7.81. The Morgan fingerprint density at radius 2 is 2.05 bits per heavy atom. The number of nitrogens with zero attached hydrogens (tertiary/aromatic N) is 1. The van der Waals surface area contributed by atoms with Crippen molar-refractivity contribution < 1.29 is 4.39 Å². The molecule has 1 aromatic carbocycles. The van der Waals surface area contributed by atoms with Crippen molar-refractivity contribution in [2.24, 2.45) is 0 Å². The zero-order valence-corrected chi connectivity index (χ0v) is 13.0. The molecule has 0 saturated carbocycles. The standard InChI is InChI=1S/C17H27FN2/c1-4-17(5-2)13-20(10-6-9-19-17)12-15-11-16(18)8-7-14(15)3/h7-8,11,19H,4-6,9-10,12-13H2,1-3H3. The Morgan fingerprint density at radius 1 is 1.30 bits per heavy atom. The van der Waals surface area contributed by atoms with E-state index in [1.165, 1.54) is 5.56 Å². The molecule has 3 heteroatoms. The summed E-state index contributed by atoms with van der Waals surface area (Å²) >= 11 is 0.